The van der Waals surface area contributed by atoms with Gasteiger partial charge in [0.15, 0.2) is 0 Å². The minimum Gasteiger partial charge on any atom is -0.391 e. The van der Waals surface area contributed by atoms with E-state index >= 15 is 0 Å². The summed E-state index contributed by atoms with van der Waals surface area (Å²) in [6.45, 7) is 3.98. The number of nitrogens with one attached hydrogen (secondary N) is 1. The van der Waals surface area contributed by atoms with E-state index in [1.54, 1.807) is 0 Å². The Labute approximate surface area is 85.3 Å². The molecule has 1 fully saturated rings. The molecule has 2 N–H and O–H groups in total. The third-order valence-corrected chi connectivity index (χ3v) is 2.60. The summed E-state index contributed by atoms with van der Waals surface area (Å²) in [4.78, 5) is 13.3. The van der Waals surface area contributed by atoms with Gasteiger partial charge in [0.1, 0.15) is 0 Å². The third kappa shape index (κ3) is 3.54. The quantitative estimate of drug-likeness (QED) is 0.712. The number of urea groups is 1. The summed E-state index contributed by atoms with van der Waals surface area (Å²) in [5.74, 6) is 0. The Hall–Kier alpha value is -0.770. The number of likely N-dealkylation sites (tertiary alicyclic amines) is 1. The number of carbonyl (C=O) groups is 1. The minimum absolute atomic E-state index is 0.0304. The highest BCUT2D eigenvalue weighted by Crippen LogP contribution is 2.08. The maximum absolute atomic E-state index is 11.5. The van der Waals surface area contributed by atoms with Gasteiger partial charge in [-0.15, -0.1) is 0 Å². The van der Waals surface area contributed by atoms with E-state index in [1.807, 2.05) is 11.8 Å². The number of nitrogens with zero attached hydrogens (tertiary/aromatic N) is 1. The van der Waals surface area contributed by atoms with Gasteiger partial charge in [-0.3, -0.25) is 0 Å². The van der Waals surface area contributed by atoms with Gasteiger partial charge in [-0.1, -0.05) is 6.92 Å². The molecule has 4 nitrogen and oxygen atoms in total. The molecule has 4 heteroatoms. The van der Waals surface area contributed by atoms with Crippen LogP contribution in [0, 0.1) is 0 Å². The summed E-state index contributed by atoms with van der Waals surface area (Å²) in [6.07, 6.45) is 3.69. The van der Waals surface area contributed by atoms with Crippen LogP contribution in [0.1, 0.15) is 32.6 Å². The van der Waals surface area contributed by atoms with Gasteiger partial charge in [-0.05, 0) is 25.7 Å². The van der Waals surface area contributed by atoms with Gasteiger partial charge in [0.2, 0.25) is 0 Å². The summed E-state index contributed by atoms with van der Waals surface area (Å²) >= 11 is 0. The lowest BCUT2D eigenvalue weighted by Crippen LogP contribution is -2.44. The molecule has 1 rings (SSSR count). The molecule has 1 saturated heterocycles. The first-order valence-electron chi connectivity index (χ1n) is 5.45. The SMILES string of the molecule is CCC(O)CNC(=O)N1CCCCC1. The average molecular weight is 200 g/mol. The predicted octanol–water partition coefficient (Wildman–Crippen LogP) is 0.953. The summed E-state index contributed by atoms with van der Waals surface area (Å²) < 4.78 is 0. The topological polar surface area (TPSA) is 52.6 Å². The Bertz CT molecular complexity index is 179. The molecule has 82 valence electrons. The first kappa shape index (κ1) is 11.3. The highest BCUT2D eigenvalue weighted by molar-refractivity contribution is 5.74. The maximum atomic E-state index is 11.5. The molecule has 1 atom stereocenters. The van der Waals surface area contributed by atoms with E-state index < -0.39 is 6.10 Å². The smallest absolute Gasteiger partial charge is 0.317 e. The van der Waals surface area contributed by atoms with E-state index in [2.05, 4.69) is 5.32 Å². The van der Waals surface area contributed by atoms with Gasteiger partial charge in [0, 0.05) is 19.6 Å². The monoisotopic (exact) mass is 200 g/mol. The summed E-state index contributed by atoms with van der Waals surface area (Å²) in [7, 11) is 0. The van der Waals surface area contributed by atoms with Crippen molar-refractivity contribution in [2.45, 2.75) is 38.7 Å². The molecule has 0 bridgehead atoms. The molecule has 0 aliphatic carbocycles. The average Bonchev–Trinajstić information content (AvgIpc) is 2.26. The largest absolute Gasteiger partial charge is 0.391 e. The molecule has 0 aromatic heterocycles. The van der Waals surface area contributed by atoms with Crippen LogP contribution in [0.5, 0.6) is 0 Å². The zero-order chi connectivity index (χ0) is 10.4. The van der Waals surface area contributed by atoms with Crippen molar-refractivity contribution in [1.82, 2.24) is 10.2 Å². The van der Waals surface area contributed by atoms with Crippen LogP contribution in [0.2, 0.25) is 0 Å². The second-order valence-corrected chi connectivity index (χ2v) is 3.80. The number of aliphatic hydroxyl groups is 1. The fourth-order valence-electron chi connectivity index (χ4n) is 1.56. The number of piperidine rings is 1. The molecular weight excluding hydrogens is 180 g/mol. The first-order valence-corrected chi connectivity index (χ1v) is 5.45. The van der Waals surface area contributed by atoms with Crippen LogP contribution in [0.3, 0.4) is 0 Å². The Morgan fingerprint density at radius 3 is 2.64 bits per heavy atom. The van der Waals surface area contributed by atoms with E-state index in [0.717, 1.165) is 25.9 Å². The Morgan fingerprint density at radius 2 is 2.07 bits per heavy atom. The van der Waals surface area contributed by atoms with E-state index in [4.69, 9.17) is 0 Å². The van der Waals surface area contributed by atoms with Crippen molar-refractivity contribution in [2.24, 2.45) is 0 Å². The number of hydrogen-bond donors (Lipinski definition) is 2. The third-order valence-electron chi connectivity index (χ3n) is 2.60. The van der Waals surface area contributed by atoms with E-state index in [9.17, 15) is 9.90 Å². The predicted molar refractivity (Wildman–Crippen MR) is 55.1 cm³/mol. The highest BCUT2D eigenvalue weighted by atomic mass is 16.3. The van der Waals surface area contributed by atoms with Crippen molar-refractivity contribution in [3.8, 4) is 0 Å². The van der Waals surface area contributed by atoms with Crippen LogP contribution in [0.25, 0.3) is 0 Å². The lowest BCUT2D eigenvalue weighted by Gasteiger charge is -2.27. The fraction of sp³-hybridized carbons (Fsp3) is 0.900. The van der Waals surface area contributed by atoms with Gasteiger partial charge in [-0.2, -0.15) is 0 Å². The van der Waals surface area contributed by atoms with Crippen LogP contribution in [-0.4, -0.2) is 41.8 Å². The van der Waals surface area contributed by atoms with Gasteiger partial charge in [0.05, 0.1) is 6.10 Å². The lowest BCUT2D eigenvalue weighted by atomic mass is 10.1. The Morgan fingerprint density at radius 1 is 1.43 bits per heavy atom. The van der Waals surface area contributed by atoms with Crippen LogP contribution in [0.15, 0.2) is 0 Å². The van der Waals surface area contributed by atoms with Crippen LogP contribution < -0.4 is 5.32 Å². The molecule has 1 aliphatic rings. The van der Waals surface area contributed by atoms with Crippen LogP contribution in [0.4, 0.5) is 4.79 Å². The van der Waals surface area contributed by atoms with Gasteiger partial charge in [-0.25, -0.2) is 4.79 Å². The van der Waals surface area contributed by atoms with Gasteiger partial charge >= 0.3 is 6.03 Å². The Balaban J connectivity index is 2.19. The van der Waals surface area contributed by atoms with Crippen molar-refractivity contribution in [2.75, 3.05) is 19.6 Å². The number of aliphatic hydroxyl groups excluding tert-OH is 1. The highest BCUT2D eigenvalue weighted by Gasteiger charge is 2.16. The van der Waals surface area contributed by atoms with Crippen molar-refractivity contribution < 1.29 is 9.90 Å². The molecule has 14 heavy (non-hydrogen) atoms. The van der Waals surface area contributed by atoms with E-state index in [-0.39, 0.29) is 6.03 Å². The molecule has 0 saturated carbocycles. The molecule has 1 aliphatic heterocycles. The molecule has 0 spiro atoms. The minimum atomic E-state index is -0.413. The van der Waals surface area contributed by atoms with Crippen molar-refractivity contribution in [3.05, 3.63) is 0 Å². The second-order valence-electron chi connectivity index (χ2n) is 3.80. The van der Waals surface area contributed by atoms with E-state index in [1.165, 1.54) is 6.42 Å². The Kier molecular flexibility index (Phi) is 4.73. The van der Waals surface area contributed by atoms with Crippen LogP contribution in [-0.2, 0) is 0 Å². The molecule has 0 radical (unpaired) electrons. The van der Waals surface area contributed by atoms with Gasteiger partial charge < -0.3 is 15.3 Å². The molecule has 2 amide bonds. The van der Waals surface area contributed by atoms with E-state index in [0.29, 0.717) is 13.0 Å². The molecule has 1 heterocycles. The summed E-state index contributed by atoms with van der Waals surface area (Å²) in [5.41, 5.74) is 0. The lowest BCUT2D eigenvalue weighted by molar-refractivity contribution is 0.153. The maximum Gasteiger partial charge on any atom is 0.317 e. The van der Waals surface area contributed by atoms with Crippen molar-refractivity contribution in [3.63, 3.8) is 0 Å². The van der Waals surface area contributed by atoms with Crippen molar-refractivity contribution in [1.29, 1.82) is 0 Å². The summed E-state index contributed by atoms with van der Waals surface area (Å²) in [5, 5.41) is 12.0. The molecule has 1 unspecified atom stereocenters. The normalized spacial score (nSPS) is 19.1. The number of carbonyl (C=O) groups excluding carboxylic acids is 1. The van der Waals surface area contributed by atoms with Gasteiger partial charge in [0.25, 0.3) is 0 Å². The standard InChI is InChI=1S/C10H20N2O2/c1-2-9(13)8-11-10(14)12-6-4-3-5-7-12/h9,13H,2-8H2,1H3,(H,11,14). The van der Waals surface area contributed by atoms with Crippen LogP contribution >= 0.6 is 0 Å². The number of amides is 2. The zero-order valence-electron chi connectivity index (χ0n) is 8.83. The molecule has 0 aromatic carbocycles. The second kappa shape index (κ2) is 5.86. The number of rotatable bonds is 3. The first-order chi connectivity index (χ1) is 6.74. The molecular formula is C10H20N2O2. The summed E-state index contributed by atoms with van der Waals surface area (Å²) in [6, 6.07) is -0.0304. The zero-order valence-corrected chi connectivity index (χ0v) is 8.83. The number of hydrogen-bond acceptors (Lipinski definition) is 2. The molecule has 0 aromatic rings. The van der Waals surface area contributed by atoms with Crippen molar-refractivity contribution >= 4 is 6.03 Å². The fourth-order valence-corrected chi connectivity index (χ4v) is 1.56.